The summed E-state index contributed by atoms with van der Waals surface area (Å²) in [5.41, 5.74) is 2.24. The van der Waals surface area contributed by atoms with Gasteiger partial charge in [-0.1, -0.05) is 60.7 Å². The van der Waals surface area contributed by atoms with E-state index in [-0.39, 0.29) is 18.2 Å². The highest BCUT2D eigenvalue weighted by atomic mass is 16.6. The van der Waals surface area contributed by atoms with Crippen LogP contribution >= 0.6 is 0 Å². The smallest absolute Gasteiger partial charge is 0.407 e. The van der Waals surface area contributed by atoms with Crippen LogP contribution in [-0.2, 0) is 27.4 Å². The van der Waals surface area contributed by atoms with E-state index >= 15 is 0 Å². The van der Waals surface area contributed by atoms with Crippen molar-refractivity contribution in [1.82, 2.24) is 5.32 Å². The fourth-order valence-electron chi connectivity index (χ4n) is 2.75. The van der Waals surface area contributed by atoms with Gasteiger partial charge in [0.15, 0.2) is 0 Å². The normalized spacial score (nSPS) is 19.4. The van der Waals surface area contributed by atoms with Gasteiger partial charge in [-0.05, 0) is 17.5 Å². The number of rotatable bonds is 9. The van der Waals surface area contributed by atoms with Crippen LogP contribution in [0.2, 0.25) is 0 Å². The summed E-state index contributed by atoms with van der Waals surface area (Å²) in [7, 11) is 0. The van der Waals surface area contributed by atoms with Gasteiger partial charge in [-0.15, -0.1) is 0 Å². The number of hydrogen-bond donors (Lipinski definition) is 1. The third-order valence-electron chi connectivity index (χ3n) is 4.09. The first-order chi connectivity index (χ1) is 12.3. The van der Waals surface area contributed by atoms with E-state index < -0.39 is 0 Å². The van der Waals surface area contributed by atoms with Gasteiger partial charge in [0.05, 0.1) is 25.9 Å². The minimum absolute atomic E-state index is 0.0842. The molecular formula is C20H23NO4. The Balaban J connectivity index is 1.38. The van der Waals surface area contributed by atoms with Crippen molar-refractivity contribution in [3.05, 3.63) is 71.8 Å². The third kappa shape index (κ3) is 5.59. The van der Waals surface area contributed by atoms with Crippen LogP contribution in [0.1, 0.15) is 17.5 Å². The molecule has 2 atom stereocenters. The van der Waals surface area contributed by atoms with Crippen molar-refractivity contribution in [2.24, 2.45) is 0 Å². The molecule has 1 aliphatic heterocycles. The number of nitrogens with one attached hydrogen (secondary N) is 1. The Hall–Kier alpha value is -2.37. The number of carbonyl (C=O) groups excluding carboxylic acids is 1. The van der Waals surface area contributed by atoms with Crippen molar-refractivity contribution in [3.8, 4) is 0 Å². The lowest BCUT2D eigenvalue weighted by atomic mass is 10.1. The van der Waals surface area contributed by atoms with Crippen molar-refractivity contribution >= 4 is 6.09 Å². The summed E-state index contributed by atoms with van der Waals surface area (Å²) in [5.74, 6) is 0. The maximum Gasteiger partial charge on any atom is 0.407 e. The lowest BCUT2D eigenvalue weighted by Gasteiger charge is -2.17. The van der Waals surface area contributed by atoms with Gasteiger partial charge in [0, 0.05) is 6.61 Å². The number of alkyl carbamates (subject to hydrolysis) is 1. The number of carbonyl (C=O) groups is 1. The number of benzene rings is 2. The molecule has 1 amide bonds. The van der Waals surface area contributed by atoms with Gasteiger partial charge in [0.2, 0.25) is 0 Å². The molecule has 2 aromatic carbocycles. The highest BCUT2D eigenvalue weighted by Crippen LogP contribution is 2.14. The molecule has 1 aliphatic rings. The minimum atomic E-state index is -0.388. The fraction of sp³-hybridized carbons (Fsp3) is 0.350. The molecule has 5 nitrogen and oxygen atoms in total. The van der Waals surface area contributed by atoms with E-state index in [1.54, 1.807) is 0 Å². The van der Waals surface area contributed by atoms with Crippen LogP contribution < -0.4 is 5.32 Å². The Morgan fingerprint density at radius 3 is 2.12 bits per heavy atom. The Bertz CT molecular complexity index is 647. The first kappa shape index (κ1) is 17.5. The second-order valence-corrected chi connectivity index (χ2v) is 6.02. The first-order valence-electron chi connectivity index (χ1n) is 8.52. The Morgan fingerprint density at radius 1 is 0.880 bits per heavy atom. The zero-order valence-electron chi connectivity index (χ0n) is 14.1. The van der Waals surface area contributed by atoms with Crippen LogP contribution in [-0.4, -0.2) is 31.5 Å². The summed E-state index contributed by atoms with van der Waals surface area (Å²) in [5, 5.41) is 2.83. The number of cyclic esters (lactones) is 1. The SMILES string of the molecule is O=C1N[C@@H](CCOCc2ccccc2)[C@H](COCc2ccccc2)O1. The molecule has 132 valence electrons. The van der Waals surface area contributed by atoms with Crippen LogP contribution in [0.25, 0.3) is 0 Å². The minimum Gasteiger partial charge on any atom is -0.442 e. The molecule has 0 bridgehead atoms. The summed E-state index contributed by atoms with van der Waals surface area (Å²) in [6.07, 6.45) is 0.0238. The molecule has 2 aromatic rings. The lowest BCUT2D eigenvalue weighted by molar-refractivity contribution is 0.0211. The van der Waals surface area contributed by atoms with E-state index in [1.165, 1.54) is 0 Å². The largest absolute Gasteiger partial charge is 0.442 e. The maximum atomic E-state index is 11.5. The Morgan fingerprint density at radius 2 is 1.48 bits per heavy atom. The molecule has 0 aromatic heterocycles. The van der Waals surface area contributed by atoms with Crippen molar-refractivity contribution in [3.63, 3.8) is 0 Å². The molecule has 0 spiro atoms. The quantitative estimate of drug-likeness (QED) is 0.711. The van der Waals surface area contributed by atoms with Crippen LogP contribution in [0.3, 0.4) is 0 Å². The average Bonchev–Trinajstić information content (AvgIpc) is 3.00. The number of ether oxygens (including phenoxy) is 3. The van der Waals surface area contributed by atoms with Crippen molar-refractivity contribution in [2.45, 2.75) is 31.8 Å². The van der Waals surface area contributed by atoms with Crippen LogP contribution in [0, 0.1) is 0 Å². The molecule has 0 radical (unpaired) electrons. The van der Waals surface area contributed by atoms with E-state index in [4.69, 9.17) is 14.2 Å². The topological polar surface area (TPSA) is 56.8 Å². The first-order valence-corrected chi connectivity index (χ1v) is 8.52. The molecular weight excluding hydrogens is 318 g/mol. The van der Waals surface area contributed by atoms with E-state index in [0.717, 1.165) is 11.1 Å². The van der Waals surface area contributed by atoms with E-state index in [2.05, 4.69) is 5.32 Å². The van der Waals surface area contributed by atoms with E-state index in [0.29, 0.717) is 32.8 Å². The monoisotopic (exact) mass is 341 g/mol. The van der Waals surface area contributed by atoms with Gasteiger partial charge < -0.3 is 19.5 Å². The highest BCUT2D eigenvalue weighted by Gasteiger charge is 2.33. The summed E-state index contributed by atoms with van der Waals surface area (Å²) < 4.78 is 16.7. The number of amides is 1. The van der Waals surface area contributed by atoms with Gasteiger partial charge in [-0.3, -0.25) is 0 Å². The van der Waals surface area contributed by atoms with Gasteiger partial charge in [-0.25, -0.2) is 4.79 Å². The molecule has 25 heavy (non-hydrogen) atoms. The van der Waals surface area contributed by atoms with Crippen LogP contribution in [0.4, 0.5) is 4.79 Å². The van der Waals surface area contributed by atoms with E-state index in [9.17, 15) is 4.79 Å². The summed E-state index contributed by atoms with van der Waals surface area (Å²) in [6, 6.07) is 19.9. The predicted molar refractivity (Wildman–Crippen MR) is 94.0 cm³/mol. The highest BCUT2D eigenvalue weighted by molar-refractivity contribution is 5.70. The summed E-state index contributed by atoms with van der Waals surface area (Å²) >= 11 is 0. The maximum absolute atomic E-state index is 11.5. The molecule has 0 aliphatic carbocycles. The molecule has 3 rings (SSSR count). The van der Waals surface area contributed by atoms with Gasteiger partial charge in [-0.2, -0.15) is 0 Å². The second kappa shape index (κ2) is 9.20. The Labute approximate surface area is 147 Å². The third-order valence-corrected chi connectivity index (χ3v) is 4.09. The van der Waals surface area contributed by atoms with E-state index in [1.807, 2.05) is 60.7 Å². The zero-order valence-corrected chi connectivity index (χ0v) is 14.1. The van der Waals surface area contributed by atoms with Crippen molar-refractivity contribution < 1.29 is 19.0 Å². The summed E-state index contributed by atoms with van der Waals surface area (Å²) in [6.45, 7) is 2.00. The fourth-order valence-corrected chi connectivity index (χ4v) is 2.75. The average molecular weight is 341 g/mol. The Kier molecular flexibility index (Phi) is 6.42. The molecule has 1 heterocycles. The standard InChI is InChI=1S/C20H23NO4/c22-20-21-18(11-12-23-13-16-7-3-1-4-8-16)19(25-20)15-24-14-17-9-5-2-6-10-17/h1-10,18-19H,11-15H2,(H,21,22)/t18-,19-/m0/s1. The molecule has 1 N–H and O–H groups in total. The van der Waals surface area contributed by atoms with Gasteiger partial charge >= 0.3 is 6.09 Å². The van der Waals surface area contributed by atoms with Crippen LogP contribution in [0.15, 0.2) is 60.7 Å². The summed E-state index contributed by atoms with van der Waals surface area (Å²) in [4.78, 5) is 11.5. The van der Waals surface area contributed by atoms with Crippen LogP contribution in [0.5, 0.6) is 0 Å². The van der Waals surface area contributed by atoms with Crippen molar-refractivity contribution in [2.75, 3.05) is 13.2 Å². The van der Waals surface area contributed by atoms with Crippen molar-refractivity contribution in [1.29, 1.82) is 0 Å². The molecule has 5 heteroatoms. The second-order valence-electron chi connectivity index (χ2n) is 6.02. The molecule has 1 saturated heterocycles. The molecule has 0 saturated carbocycles. The van der Waals surface area contributed by atoms with Gasteiger partial charge in [0.25, 0.3) is 0 Å². The predicted octanol–water partition coefficient (Wildman–Crippen LogP) is 3.29. The lowest BCUT2D eigenvalue weighted by Crippen LogP contribution is -2.35. The molecule has 0 unspecified atom stereocenters. The zero-order chi connectivity index (χ0) is 17.3. The number of hydrogen-bond acceptors (Lipinski definition) is 4. The molecule has 1 fully saturated rings. The van der Waals surface area contributed by atoms with Gasteiger partial charge in [0.1, 0.15) is 6.10 Å².